The highest BCUT2D eigenvalue weighted by atomic mass is 19.1. The van der Waals surface area contributed by atoms with Crippen LogP contribution < -0.4 is 10.1 Å². The minimum atomic E-state index is -0.480. The molecule has 0 saturated carbocycles. The van der Waals surface area contributed by atoms with Gasteiger partial charge in [0.15, 0.2) is 0 Å². The minimum absolute atomic E-state index is 0.137. The Morgan fingerprint density at radius 2 is 2.11 bits per heavy atom. The zero-order valence-electron chi connectivity index (χ0n) is 9.68. The summed E-state index contributed by atoms with van der Waals surface area (Å²) in [5.41, 5.74) is 0.489. The summed E-state index contributed by atoms with van der Waals surface area (Å²) in [5.74, 6) is -0.566. The number of amides is 1. The van der Waals surface area contributed by atoms with Crippen molar-refractivity contribution in [3.05, 3.63) is 54.0 Å². The summed E-state index contributed by atoms with van der Waals surface area (Å²) in [6, 6.07) is 8.98. The van der Waals surface area contributed by atoms with E-state index in [1.165, 1.54) is 37.6 Å². The highest BCUT2D eigenvalue weighted by Crippen LogP contribution is 2.15. The number of nitrogens with zero attached hydrogens (tertiary/aromatic N) is 1. The highest BCUT2D eigenvalue weighted by Gasteiger charge is 2.09. The summed E-state index contributed by atoms with van der Waals surface area (Å²) in [6.45, 7) is 0. The Morgan fingerprint density at radius 3 is 2.83 bits per heavy atom. The van der Waals surface area contributed by atoms with Crippen LogP contribution in [0.5, 0.6) is 5.88 Å². The lowest BCUT2D eigenvalue weighted by atomic mass is 10.2. The van der Waals surface area contributed by atoms with Gasteiger partial charge in [-0.3, -0.25) is 4.79 Å². The number of carbonyl (C=O) groups is 1. The van der Waals surface area contributed by atoms with E-state index in [1.807, 2.05) is 0 Å². The number of nitrogens with one attached hydrogen (secondary N) is 1. The van der Waals surface area contributed by atoms with E-state index >= 15 is 0 Å². The van der Waals surface area contributed by atoms with Crippen LogP contribution >= 0.6 is 0 Å². The van der Waals surface area contributed by atoms with Gasteiger partial charge in [0.2, 0.25) is 5.88 Å². The molecule has 18 heavy (non-hydrogen) atoms. The first-order chi connectivity index (χ1) is 8.70. The van der Waals surface area contributed by atoms with E-state index in [9.17, 15) is 9.18 Å². The molecule has 0 unspecified atom stereocenters. The average molecular weight is 246 g/mol. The van der Waals surface area contributed by atoms with Crippen LogP contribution in [-0.4, -0.2) is 18.0 Å². The van der Waals surface area contributed by atoms with Gasteiger partial charge in [0.25, 0.3) is 5.91 Å². The zero-order valence-corrected chi connectivity index (χ0v) is 9.68. The van der Waals surface area contributed by atoms with E-state index in [0.717, 1.165) is 0 Å². The third-order valence-corrected chi connectivity index (χ3v) is 2.33. The van der Waals surface area contributed by atoms with Crippen molar-refractivity contribution in [2.45, 2.75) is 0 Å². The van der Waals surface area contributed by atoms with E-state index in [4.69, 9.17) is 4.74 Å². The van der Waals surface area contributed by atoms with E-state index in [0.29, 0.717) is 11.4 Å². The van der Waals surface area contributed by atoms with Crippen LogP contribution in [0, 0.1) is 5.82 Å². The average Bonchev–Trinajstić information content (AvgIpc) is 2.41. The Morgan fingerprint density at radius 1 is 1.33 bits per heavy atom. The first kappa shape index (κ1) is 12.0. The second-order valence-corrected chi connectivity index (χ2v) is 3.52. The largest absolute Gasteiger partial charge is 0.481 e. The van der Waals surface area contributed by atoms with Gasteiger partial charge in [-0.1, -0.05) is 12.1 Å². The number of aromatic nitrogens is 1. The number of benzene rings is 1. The SMILES string of the molecule is COc1cc(C(=O)Nc2ccccc2F)ccn1. The summed E-state index contributed by atoms with van der Waals surface area (Å²) in [4.78, 5) is 15.8. The predicted molar refractivity (Wildman–Crippen MR) is 65.1 cm³/mol. The number of ether oxygens (including phenoxy) is 1. The number of methoxy groups -OCH3 is 1. The standard InChI is InChI=1S/C13H11FN2O2/c1-18-12-8-9(6-7-15-12)13(17)16-11-5-3-2-4-10(11)14/h2-8H,1H3,(H,16,17). The molecule has 0 aliphatic carbocycles. The molecule has 0 spiro atoms. The number of pyridine rings is 1. The van der Waals surface area contributed by atoms with Crippen LogP contribution in [0.2, 0.25) is 0 Å². The van der Waals surface area contributed by atoms with Gasteiger partial charge >= 0.3 is 0 Å². The summed E-state index contributed by atoms with van der Waals surface area (Å²) in [5, 5.41) is 2.48. The van der Waals surface area contributed by atoms with Gasteiger partial charge in [-0.25, -0.2) is 9.37 Å². The number of hydrogen-bond acceptors (Lipinski definition) is 3. The molecule has 1 heterocycles. The Kier molecular flexibility index (Phi) is 3.52. The van der Waals surface area contributed by atoms with Gasteiger partial charge < -0.3 is 10.1 Å². The molecule has 1 aromatic heterocycles. The maximum absolute atomic E-state index is 13.4. The fourth-order valence-electron chi connectivity index (χ4n) is 1.42. The van der Waals surface area contributed by atoms with Crippen LogP contribution in [-0.2, 0) is 0 Å². The Labute approximate surface area is 103 Å². The molecule has 5 heteroatoms. The lowest BCUT2D eigenvalue weighted by Gasteiger charge is -2.06. The highest BCUT2D eigenvalue weighted by molar-refractivity contribution is 6.04. The van der Waals surface area contributed by atoms with Crippen molar-refractivity contribution >= 4 is 11.6 Å². The quantitative estimate of drug-likeness (QED) is 0.905. The maximum Gasteiger partial charge on any atom is 0.255 e. The van der Waals surface area contributed by atoms with Crippen molar-refractivity contribution < 1.29 is 13.9 Å². The van der Waals surface area contributed by atoms with E-state index in [-0.39, 0.29) is 5.69 Å². The monoisotopic (exact) mass is 246 g/mol. The van der Waals surface area contributed by atoms with E-state index in [1.54, 1.807) is 12.1 Å². The van der Waals surface area contributed by atoms with Gasteiger partial charge in [-0.15, -0.1) is 0 Å². The number of rotatable bonds is 3. The summed E-state index contributed by atoms with van der Waals surface area (Å²) >= 11 is 0. The number of para-hydroxylation sites is 1. The number of carbonyl (C=O) groups excluding carboxylic acids is 1. The maximum atomic E-state index is 13.4. The molecule has 1 N–H and O–H groups in total. The van der Waals surface area contributed by atoms with Gasteiger partial charge in [-0.05, 0) is 18.2 Å². The molecule has 1 aromatic carbocycles. The van der Waals surface area contributed by atoms with Gasteiger partial charge in [-0.2, -0.15) is 0 Å². The summed E-state index contributed by atoms with van der Waals surface area (Å²) in [6.07, 6.45) is 1.45. The fraction of sp³-hybridized carbons (Fsp3) is 0.0769. The van der Waals surface area contributed by atoms with Crippen LogP contribution in [0.4, 0.5) is 10.1 Å². The second kappa shape index (κ2) is 5.27. The normalized spacial score (nSPS) is 9.89. The van der Waals surface area contributed by atoms with Crippen molar-refractivity contribution in [2.75, 3.05) is 12.4 Å². The third kappa shape index (κ3) is 2.63. The molecule has 0 aliphatic rings. The molecule has 0 atom stereocenters. The van der Waals surface area contributed by atoms with Crippen molar-refractivity contribution in [3.63, 3.8) is 0 Å². The molecule has 92 valence electrons. The van der Waals surface area contributed by atoms with E-state index < -0.39 is 11.7 Å². The van der Waals surface area contributed by atoms with Gasteiger partial charge in [0, 0.05) is 17.8 Å². The molecular formula is C13H11FN2O2. The van der Waals surface area contributed by atoms with Gasteiger partial charge in [0.1, 0.15) is 5.82 Å². The molecule has 0 fully saturated rings. The smallest absolute Gasteiger partial charge is 0.255 e. The topological polar surface area (TPSA) is 51.2 Å². The molecule has 0 bridgehead atoms. The molecule has 4 nitrogen and oxygen atoms in total. The summed E-state index contributed by atoms with van der Waals surface area (Å²) < 4.78 is 18.3. The minimum Gasteiger partial charge on any atom is -0.481 e. The Balaban J connectivity index is 2.19. The predicted octanol–water partition coefficient (Wildman–Crippen LogP) is 2.48. The number of anilines is 1. The van der Waals surface area contributed by atoms with Crippen molar-refractivity contribution in [1.29, 1.82) is 0 Å². The molecule has 0 radical (unpaired) electrons. The van der Waals surface area contributed by atoms with Crippen LogP contribution in [0.25, 0.3) is 0 Å². The van der Waals surface area contributed by atoms with Gasteiger partial charge in [0.05, 0.1) is 12.8 Å². The Bertz CT molecular complexity index is 572. The van der Waals surface area contributed by atoms with Crippen LogP contribution in [0.3, 0.4) is 0 Å². The number of hydrogen-bond donors (Lipinski definition) is 1. The fourth-order valence-corrected chi connectivity index (χ4v) is 1.42. The molecule has 1 amide bonds. The van der Waals surface area contributed by atoms with E-state index in [2.05, 4.69) is 10.3 Å². The first-order valence-corrected chi connectivity index (χ1v) is 5.26. The van der Waals surface area contributed by atoms with Crippen LogP contribution in [0.15, 0.2) is 42.6 Å². The lowest BCUT2D eigenvalue weighted by molar-refractivity contribution is 0.102. The molecule has 0 aliphatic heterocycles. The third-order valence-electron chi connectivity index (χ3n) is 2.33. The molecule has 0 saturated heterocycles. The van der Waals surface area contributed by atoms with Crippen molar-refractivity contribution in [2.24, 2.45) is 0 Å². The zero-order chi connectivity index (χ0) is 13.0. The Hall–Kier alpha value is -2.43. The number of halogens is 1. The molecule has 2 aromatic rings. The molecular weight excluding hydrogens is 235 g/mol. The van der Waals surface area contributed by atoms with Crippen LogP contribution in [0.1, 0.15) is 10.4 Å². The van der Waals surface area contributed by atoms with Crippen molar-refractivity contribution in [1.82, 2.24) is 4.98 Å². The lowest BCUT2D eigenvalue weighted by Crippen LogP contribution is -2.13. The summed E-state index contributed by atoms with van der Waals surface area (Å²) in [7, 11) is 1.46. The first-order valence-electron chi connectivity index (χ1n) is 5.26. The van der Waals surface area contributed by atoms with Crippen molar-refractivity contribution in [3.8, 4) is 5.88 Å². The second-order valence-electron chi connectivity index (χ2n) is 3.52. The molecule has 2 rings (SSSR count).